The van der Waals surface area contributed by atoms with E-state index in [9.17, 15) is 4.79 Å². The summed E-state index contributed by atoms with van der Waals surface area (Å²) in [6, 6.07) is 0. The first-order valence-electron chi connectivity index (χ1n) is 5.82. The molecule has 0 N–H and O–H groups in total. The molecule has 0 saturated heterocycles. The third-order valence-electron chi connectivity index (χ3n) is 3.72. The first-order valence-corrected chi connectivity index (χ1v) is 16.0. The number of hydrogen-bond donors (Lipinski definition) is 0. The molecule has 0 aromatic rings. The quantitative estimate of drug-likeness (QED) is 0.711. The molecule has 2 heteroatoms. The third kappa shape index (κ3) is 3.25. The van der Waals surface area contributed by atoms with Crippen molar-refractivity contribution in [3.63, 3.8) is 0 Å². The number of hydrogen-bond acceptors (Lipinski definition) is 1. The standard InChI is InChI=1S/C9H15O.3CH3.Sn/c1-7(2)8-4-3-5-9(10)6-8;;;;/h3,7-8H,4-6H2,1-2H3;3*1H3;/t8-;;;;/m1..../s1. The van der Waals surface area contributed by atoms with Gasteiger partial charge in [-0.05, 0) is 0 Å². The summed E-state index contributed by atoms with van der Waals surface area (Å²) in [5, 5.41) is 0. The Bertz CT molecular complexity index is 215. The van der Waals surface area contributed by atoms with Gasteiger partial charge in [0.2, 0.25) is 0 Å². The van der Waals surface area contributed by atoms with Crippen molar-refractivity contribution < 1.29 is 4.79 Å². The topological polar surface area (TPSA) is 17.1 Å². The predicted octanol–water partition coefficient (Wildman–Crippen LogP) is 3.72. The minimum absolute atomic E-state index is 0.534. The van der Waals surface area contributed by atoms with Crippen LogP contribution in [0.2, 0.25) is 18.8 Å². The van der Waals surface area contributed by atoms with Crippen molar-refractivity contribution in [3.8, 4) is 0 Å². The van der Waals surface area contributed by atoms with Gasteiger partial charge in [-0.2, -0.15) is 0 Å². The van der Waals surface area contributed by atoms with Crippen molar-refractivity contribution in [1.82, 2.24) is 0 Å². The summed E-state index contributed by atoms with van der Waals surface area (Å²) in [5.41, 5.74) is 0. The molecule has 0 bridgehead atoms. The Balaban J connectivity index is 2.68. The van der Waals surface area contributed by atoms with Gasteiger partial charge < -0.3 is 0 Å². The van der Waals surface area contributed by atoms with Crippen LogP contribution in [0.15, 0.2) is 0 Å². The molecule has 1 saturated carbocycles. The van der Waals surface area contributed by atoms with Gasteiger partial charge in [-0.1, -0.05) is 0 Å². The van der Waals surface area contributed by atoms with Crippen molar-refractivity contribution in [3.05, 3.63) is 0 Å². The van der Waals surface area contributed by atoms with E-state index >= 15 is 0 Å². The summed E-state index contributed by atoms with van der Waals surface area (Å²) in [6.07, 6.45) is 3.10. The average molecular weight is 303 g/mol. The maximum absolute atomic E-state index is 11.7. The van der Waals surface area contributed by atoms with Crippen molar-refractivity contribution in [1.29, 1.82) is 0 Å². The molecule has 0 radical (unpaired) electrons. The molecule has 0 aromatic carbocycles. The zero-order valence-electron chi connectivity index (χ0n) is 10.3. The van der Waals surface area contributed by atoms with Crippen molar-refractivity contribution in [2.75, 3.05) is 0 Å². The Hall–Kier alpha value is 0.469. The van der Waals surface area contributed by atoms with E-state index in [0.29, 0.717) is 17.6 Å². The van der Waals surface area contributed by atoms with Crippen LogP contribution in [0.25, 0.3) is 0 Å². The van der Waals surface area contributed by atoms with Crippen LogP contribution in [0.3, 0.4) is 0 Å². The van der Waals surface area contributed by atoms with Crippen molar-refractivity contribution in [2.45, 2.75) is 51.9 Å². The molecule has 0 unspecified atom stereocenters. The molecule has 0 aromatic heterocycles. The van der Waals surface area contributed by atoms with Gasteiger partial charge in [0.05, 0.1) is 0 Å². The molecule has 1 aliphatic rings. The van der Waals surface area contributed by atoms with Crippen LogP contribution >= 0.6 is 0 Å². The van der Waals surface area contributed by atoms with E-state index in [4.69, 9.17) is 0 Å². The second-order valence-electron chi connectivity index (χ2n) is 6.25. The molecule has 14 heavy (non-hydrogen) atoms. The van der Waals surface area contributed by atoms with Gasteiger partial charge in [0, 0.05) is 0 Å². The molecular weight excluding hydrogens is 279 g/mol. The number of ketones is 1. The second kappa shape index (κ2) is 4.54. The molecule has 82 valence electrons. The SMILES string of the molecule is CC(C)[C@H]1CC(=O)C[C@H]([Sn]([CH3])([CH3])[CH3])C1. The number of carbonyl (C=O) groups excluding carboxylic acids is 1. The van der Waals surface area contributed by atoms with Crippen LogP contribution in [0.4, 0.5) is 0 Å². The Kier molecular flexibility index (Phi) is 4.07. The zero-order valence-corrected chi connectivity index (χ0v) is 13.1. The number of Topliss-reactive ketones (excluding diaryl/α,β-unsaturated/α-hetero) is 1. The molecule has 1 fully saturated rings. The second-order valence-corrected chi connectivity index (χ2v) is 22.1. The molecule has 1 aliphatic carbocycles. The summed E-state index contributed by atoms with van der Waals surface area (Å²) in [7, 11) is 0. The van der Waals surface area contributed by atoms with Gasteiger partial charge in [-0.3, -0.25) is 0 Å². The normalized spacial score (nSPS) is 29.7. The van der Waals surface area contributed by atoms with Crippen LogP contribution in [-0.2, 0) is 4.79 Å². The van der Waals surface area contributed by atoms with E-state index < -0.39 is 18.4 Å². The van der Waals surface area contributed by atoms with E-state index in [2.05, 4.69) is 28.7 Å². The van der Waals surface area contributed by atoms with Crippen LogP contribution in [0.5, 0.6) is 0 Å². The van der Waals surface area contributed by atoms with Gasteiger partial charge in [-0.25, -0.2) is 0 Å². The Morgan fingerprint density at radius 1 is 1.21 bits per heavy atom. The first kappa shape index (κ1) is 12.5. The van der Waals surface area contributed by atoms with Gasteiger partial charge in [0.15, 0.2) is 0 Å². The van der Waals surface area contributed by atoms with E-state index in [1.54, 1.807) is 0 Å². The Morgan fingerprint density at radius 2 is 1.79 bits per heavy atom. The molecule has 1 nitrogen and oxygen atoms in total. The summed E-state index contributed by atoms with van der Waals surface area (Å²) >= 11 is -1.82. The molecular formula is C12H24OSn. The Morgan fingerprint density at radius 3 is 2.21 bits per heavy atom. The monoisotopic (exact) mass is 304 g/mol. The van der Waals surface area contributed by atoms with E-state index in [0.717, 1.165) is 16.8 Å². The van der Waals surface area contributed by atoms with Crippen molar-refractivity contribution in [2.24, 2.45) is 11.8 Å². The molecule has 1 rings (SSSR count). The van der Waals surface area contributed by atoms with Crippen molar-refractivity contribution >= 4 is 24.2 Å². The fourth-order valence-electron chi connectivity index (χ4n) is 2.35. The number of carbonyl (C=O) groups is 1. The number of rotatable bonds is 2. The fraction of sp³-hybridized carbons (Fsp3) is 0.917. The van der Waals surface area contributed by atoms with Gasteiger partial charge in [0.1, 0.15) is 0 Å². The van der Waals surface area contributed by atoms with Gasteiger partial charge >= 0.3 is 92.7 Å². The van der Waals surface area contributed by atoms with E-state index in [1.165, 1.54) is 6.42 Å². The van der Waals surface area contributed by atoms with E-state index in [1.807, 2.05) is 0 Å². The summed E-state index contributed by atoms with van der Waals surface area (Å²) in [4.78, 5) is 19.1. The third-order valence-corrected chi connectivity index (χ3v) is 12.0. The van der Waals surface area contributed by atoms with Crippen LogP contribution in [0.1, 0.15) is 33.1 Å². The van der Waals surface area contributed by atoms with Crippen LogP contribution in [0, 0.1) is 11.8 Å². The van der Waals surface area contributed by atoms with Crippen LogP contribution < -0.4 is 0 Å². The zero-order chi connectivity index (χ0) is 10.9. The predicted molar refractivity (Wildman–Crippen MR) is 64.3 cm³/mol. The summed E-state index contributed by atoms with van der Waals surface area (Å²) in [6.45, 7) is 4.52. The summed E-state index contributed by atoms with van der Waals surface area (Å²) in [5.74, 6) is 1.90. The molecule has 0 spiro atoms. The minimum atomic E-state index is -1.82. The molecule has 0 aliphatic heterocycles. The molecule has 0 amide bonds. The van der Waals surface area contributed by atoms with Gasteiger partial charge in [-0.15, -0.1) is 0 Å². The Labute approximate surface area is 92.5 Å². The van der Waals surface area contributed by atoms with Gasteiger partial charge in [0.25, 0.3) is 0 Å². The maximum atomic E-state index is 11.7. The summed E-state index contributed by atoms with van der Waals surface area (Å²) < 4.78 is 0.804. The van der Waals surface area contributed by atoms with Crippen LogP contribution in [-0.4, -0.2) is 24.2 Å². The molecule has 2 atom stereocenters. The first-order chi connectivity index (χ1) is 6.30. The van der Waals surface area contributed by atoms with E-state index in [-0.39, 0.29) is 0 Å². The average Bonchev–Trinajstić information content (AvgIpc) is 2.01. The molecule has 0 heterocycles. The fourth-order valence-corrected chi connectivity index (χ4v) is 7.63.